The molecule has 1 aromatic carbocycles. The van der Waals surface area contributed by atoms with E-state index < -0.39 is 0 Å². The first-order valence-corrected chi connectivity index (χ1v) is 4.51. The highest BCUT2D eigenvalue weighted by Gasteiger charge is 2.12. The van der Waals surface area contributed by atoms with Gasteiger partial charge >= 0.3 is 0 Å². The normalized spacial score (nSPS) is 12.6. The molecule has 70 valence electrons. The maximum absolute atomic E-state index is 13.4. The van der Waals surface area contributed by atoms with E-state index in [2.05, 4.69) is 6.58 Å². The minimum Gasteiger partial charge on any atom is -0.205 e. The van der Waals surface area contributed by atoms with E-state index in [1.807, 2.05) is 13.8 Å². The van der Waals surface area contributed by atoms with E-state index in [0.29, 0.717) is 5.56 Å². The van der Waals surface area contributed by atoms with Crippen LogP contribution in [0.1, 0.15) is 25.3 Å². The minimum atomic E-state index is -0.334. The Balaban J connectivity index is 3.15. The van der Waals surface area contributed by atoms with Crippen LogP contribution in [0.5, 0.6) is 0 Å². The summed E-state index contributed by atoms with van der Waals surface area (Å²) in [5, 5.41) is 0.172. The Bertz CT molecular complexity index is 331. The molecule has 2 heteroatoms. The van der Waals surface area contributed by atoms with Gasteiger partial charge in [-0.2, -0.15) is 0 Å². The van der Waals surface area contributed by atoms with Gasteiger partial charge in [0.2, 0.25) is 0 Å². The van der Waals surface area contributed by atoms with E-state index >= 15 is 0 Å². The fourth-order valence-corrected chi connectivity index (χ4v) is 1.30. The molecule has 0 aliphatic rings. The van der Waals surface area contributed by atoms with Crippen molar-refractivity contribution in [2.75, 3.05) is 0 Å². The van der Waals surface area contributed by atoms with Crippen LogP contribution in [0.2, 0.25) is 5.02 Å². The third kappa shape index (κ3) is 2.10. The van der Waals surface area contributed by atoms with E-state index in [1.54, 1.807) is 18.2 Å². The van der Waals surface area contributed by atoms with Crippen LogP contribution >= 0.6 is 11.6 Å². The predicted octanol–water partition coefficient (Wildman–Crippen LogP) is 4.16. The molecule has 0 nitrogen and oxygen atoms in total. The third-order valence-electron chi connectivity index (χ3n) is 2.19. The molecule has 0 amide bonds. The van der Waals surface area contributed by atoms with Gasteiger partial charge in [-0.05, 0) is 18.6 Å². The van der Waals surface area contributed by atoms with Crippen LogP contribution in [0, 0.1) is 5.82 Å². The van der Waals surface area contributed by atoms with Crippen molar-refractivity contribution < 1.29 is 4.39 Å². The Morgan fingerprint density at radius 1 is 1.54 bits per heavy atom. The summed E-state index contributed by atoms with van der Waals surface area (Å²) in [6, 6.07) is 5.03. The predicted molar refractivity (Wildman–Crippen MR) is 54.6 cm³/mol. The number of halogens is 2. The van der Waals surface area contributed by atoms with Crippen LogP contribution in [0.4, 0.5) is 4.39 Å². The molecule has 0 spiro atoms. The zero-order chi connectivity index (χ0) is 10.0. The third-order valence-corrected chi connectivity index (χ3v) is 2.48. The van der Waals surface area contributed by atoms with Crippen molar-refractivity contribution >= 4 is 11.6 Å². The molecule has 0 bridgehead atoms. The molecule has 0 saturated heterocycles. The highest BCUT2D eigenvalue weighted by Crippen LogP contribution is 2.28. The van der Waals surface area contributed by atoms with E-state index in [-0.39, 0.29) is 16.8 Å². The molecule has 0 N–H and O–H groups in total. The summed E-state index contributed by atoms with van der Waals surface area (Å²) in [5.41, 5.74) is 1.54. The summed E-state index contributed by atoms with van der Waals surface area (Å²) in [5.74, 6) is -0.321. The quantitative estimate of drug-likeness (QED) is 0.626. The van der Waals surface area contributed by atoms with Crippen molar-refractivity contribution in [2.24, 2.45) is 0 Å². The van der Waals surface area contributed by atoms with Crippen LogP contribution in [0.25, 0.3) is 0 Å². The fourth-order valence-electron chi connectivity index (χ4n) is 1.12. The smallest absolute Gasteiger partial charge is 0.145 e. The van der Waals surface area contributed by atoms with E-state index in [1.165, 1.54) is 0 Å². The molecule has 1 aromatic rings. The van der Waals surface area contributed by atoms with Crippen molar-refractivity contribution in [3.63, 3.8) is 0 Å². The monoisotopic (exact) mass is 198 g/mol. The first-order chi connectivity index (χ1) is 6.04. The summed E-state index contributed by atoms with van der Waals surface area (Å²) in [7, 11) is 0. The molecular formula is C11H12ClF. The second-order valence-electron chi connectivity index (χ2n) is 3.21. The molecule has 0 fully saturated rings. The van der Waals surface area contributed by atoms with Crippen LogP contribution in [0.3, 0.4) is 0 Å². The van der Waals surface area contributed by atoms with Gasteiger partial charge in [0.1, 0.15) is 5.82 Å². The molecule has 0 unspecified atom stereocenters. The Labute approximate surface area is 83.0 Å². The van der Waals surface area contributed by atoms with E-state index in [9.17, 15) is 4.39 Å². The first kappa shape index (κ1) is 10.3. The molecule has 0 radical (unpaired) electrons. The van der Waals surface area contributed by atoms with E-state index in [4.69, 9.17) is 11.6 Å². The Morgan fingerprint density at radius 2 is 2.15 bits per heavy atom. The zero-order valence-corrected chi connectivity index (χ0v) is 8.53. The molecule has 0 aromatic heterocycles. The van der Waals surface area contributed by atoms with Gasteiger partial charge < -0.3 is 0 Å². The summed E-state index contributed by atoms with van der Waals surface area (Å²) >= 11 is 5.66. The molecular weight excluding hydrogens is 187 g/mol. The van der Waals surface area contributed by atoms with Crippen LogP contribution < -0.4 is 0 Å². The summed E-state index contributed by atoms with van der Waals surface area (Å²) in [6.45, 7) is 7.59. The van der Waals surface area contributed by atoms with Gasteiger partial charge in [0, 0.05) is 5.92 Å². The van der Waals surface area contributed by atoms with Crippen LogP contribution in [0.15, 0.2) is 30.4 Å². The lowest BCUT2D eigenvalue weighted by Gasteiger charge is -2.12. The second-order valence-corrected chi connectivity index (χ2v) is 3.62. The molecule has 0 aliphatic heterocycles. The van der Waals surface area contributed by atoms with Crippen molar-refractivity contribution in [2.45, 2.75) is 19.8 Å². The van der Waals surface area contributed by atoms with Crippen LogP contribution in [-0.4, -0.2) is 0 Å². The molecule has 0 aliphatic carbocycles. The van der Waals surface area contributed by atoms with Gasteiger partial charge in [-0.1, -0.05) is 42.8 Å². The molecule has 1 rings (SSSR count). The van der Waals surface area contributed by atoms with Crippen molar-refractivity contribution in [1.82, 2.24) is 0 Å². The van der Waals surface area contributed by atoms with Crippen LogP contribution in [-0.2, 0) is 0 Å². The average molecular weight is 199 g/mol. The van der Waals surface area contributed by atoms with E-state index in [0.717, 1.165) is 5.57 Å². The highest BCUT2D eigenvalue weighted by atomic mass is 35.5. The number of benzene rings is 1. The zero-order valence-electron chi connectivity index (χ0n) is 7.77. The lowest BCUT2D eigenvalue weighted by atomic mass is 9.95. The van der Waals surface area contributed by atoms with Gasteiger partial charge in [0.05, 0.1) is 5.02 Å². The molecule has 13 heavy (non-hydrogen) atoms. The van der Waals surface area contributed by atoms with Gasteiger partial charge in [0.15, 0.2) is 0 Å². The summed E-state index contributed by atoms with van der Waals surface area (Å²) in [4.78, 5) is 0. The van der Waals surface area contributed by atoms with Crippen molar-refractivity contribution in [3.8, 4) is 0 Å². The lowest BCUT2D eigenvalue weighted by Crippen LogP contribution is -1.98. The molecule has 0 saturated carbocycles. The van der Waals surface area contributed by atoms with Gasteiger partial charge in [-0.15, -0.1) is 0 Å². The second kappa shape index (κ2) is 3.93. The Morgan fingerprint density at radius 3 is 2.69 bits per heavy atom. The minimum absolute atomic E-state index is 0.0127. The van der Waals surface area contributed by atoms with Gasteiger partial charge in [0.25, 0.3) is 0 Å². The summed E-state index contributed by atoms with van der Waals surface area (Å²) < 4.78 is 13.4. The topological polar surface area (TPSA) is 0 Å². The van der Waals surface area contributed by atoms with Crippen molar-refractivity contribution in [3.05, 3.63) is 46.8 Å². The number of rotatable bonds is 2. The SMILES string of the molecule is C=C(C)[C@@H](C)c1cccc(Cl)c1F. The average Bonchev–Trinajstić information content (AvgIpc) is 2.08. The largest absolute Gasteiger partial charge is 0.205 e. The number of hydrogen-bond donors (Lipinski definition) is 0. The van der Waals surface area contributed by atoms with Crippen molar-refractivity contribution in [1.29, 1.82) is 0 Å². The maximum Gasteiger partial charge on any atom is 0.145 e. The lowest BCUT2D eigenvalue weighted by molar-refractivity contribution is 0.602. The number of hydrogen-bond acceptors (Lipinski definition) is 0. The number of allylic oxidation sites excluding steroid dienone is 1. The maximum atomic E-state index is 13.4. The standard InChI is InChI=1S/C11H12ClF/c1-7(2)8(3)9-5-4-6-10(12)11(9)13/h4-6,8H,1H2,2-3H3/t8-/m1/s1. The fraction of sp³-hybridized carbons (Fsp3) is 0.273. The van der Waals surface area contributed by atoms with Gasteiger partial charge in [-0.3, -0.25) is 0 Å². The molecule has 1 atom stereocenters. The Hall–Kier alpha value is -0.820. The molecule has 0 heterocycles. The summed E-state index contributed by atoms with van der Waals surface area (Å²) in [6.07, 6.45) is 0. The van der Waals surface area contributed by atoms with Gasteiger partial charge in [-0.25, -0.2) is 4.39 Å². The highest BCUT2D eigenvalue weighted by molar-refractivity contribution is 6.30. The Kier molecular flexibility index (Phi) is 3.10. The first-order valence-electron chi connectivity index (χ1n) is 4.13.